The summed E-state index contributed by atoms with van der Waals surface area (Å²) in [5.74, 6) is -0.272. The van der Waals surface area contributed by atoms with Crippen molar-refractivity contribution in [3.05, 3.63) is 89.7 Å². The van der Waals surface area contributed by atoms with Crippen LogP contribution >= 0.6 is 0 Å². The molecule has 0 saturated carbocycles. The zero-order chi connectivity index (χ0) is 21.9. The number of aromatic nitrogens is 1. The van der Waals surface area contributed by atoms with Crippen LogP contribution in [0.3, 0.4) is 0 Å². The van der Waals surface area contributed by atoms with Gasteiger partial charge in [0.1, 0.15) is 10.6 Å². The predicted octanol–water partition coefficient (Wildman–Crippen LogP) is 4.23. The second kappa shape index (κ2) is 8.85. The SMILES string of the molecule is CC(c1ccccc1)N(C)C(=O)c1cc(S(=O)(=O)N(C)C(C)c2ccccc2)c[nH]1. The Balaban J connectivity index is 1.80. The molecule has 0 fully saturated rings. The number of benzene rings is 2. The molecule has 1 heterocycles. The van der Waals surface area contributed by atoms with Crippen molar-refractivity contribution in [3.8, 4) is 0 Å². The molecule has 0 spiro atoms. The molecule has 1 N–H and O–H groups in total. The Morgan fingerprint density at radius 1 is 0.867 bits per heavy atom. The maximum Gasteiger partial charge on any atom is 0.270 e. The number of nitrogens with zero attached hydrogens (tertiary/aromatic N) is 2. The number of hydrogen-bond donors (Lipinski definition) is 1. The van der Waals surface area contributed by atoms with Gasteiger partial charge in [0.2, 0.25) is 10.0 Å². The lowest BCUT2D eigenvalue weighted by atomic mass is 10.1. The van der Waals surface area contributed by atoms with Crippen molar-refractivity contribution in [2.75, 3.05) is 14.1 Å². The molecule has 0 aliphatic carbocycles. The molecule has 0 radical (unpaired) electrons. The number of sulfonamides is 1. The van der Waals surface area contributed by atoms with E-state index in [-0.39, 0.29) is 28.6 Å². The van der Waals surface area contributed by atoms with E-state index in [1.807, 2.05) is 74.5 Å². The van der Waals surface area contributed by atoms with Crippen LogP contribution in [0.5, 0.6) is 0 Å². The number of nitrogens with one attached hydrogen (secondary N) is 1. The second-order valence-electron chi connectivity index (χ2n) is 7.36. The first kappa shape index (κ1) is 21.8. The van der Waals surface area contributed by atoms with E-state index in [0.717, 1.165) is 11.1 Å². The molecule has 1 aromatic heterocycles. The molecule has 0 saturated heterocycles. The monoisotopic (exact) mass is 425 g/mol. The van der Waals surface area contributed by atoms with Gasteiger partial charge in [-0.2, -0.15) is 4.31 Å². The third kappa shape index (κ3) is 4.32. The summed E-state index contributed by atoms with van der Waals surface area (Å²) in [6.07, 6.45) is 1.37. The molecule has 0 aliphatic rings. The number of carbonyl (C=O) groups excluding carboxylic acids is 1. The highest BCUT2D eigenvalue weighted by molar-refractivity contribution is 7.89. The van der Waals surface area contributed by atoms with E-state index in [4.69, 9.17) is 0 Å². The molecule has 2 aromatic carbocycles. The third-order valence-electron chi connectivity index (χ3n) is 5.57. The topological polar surface area (TPSA) is 73.5 Å². The van der Waals surface area contributed by atoms with Crippen molar-refractivity contribution < 1.29 is 13.2 Å². The molecule has 2 atom stereocenters. The number of hydrogen-bond acceptors (Lipinski definition) is 3. The highest BCUT2D eigenvalue weighted by Crippen LogP contribution is 2.27. The number of rotatable bonds is 7. The number of H-pyrrole nitrogens is 1. The van der Waals surface area contributed by atoms with Gasteiger partial charge in [-0.15, -0.1) is 0 Å². The van der Waals surface area contributed by atoms with Gasteiger partial charge in [-0.1, -0.05) is 60.7 Å². The Morgan fingerprint density at radius 3 is 1.90 bits per heavy atom. The molecular weight excluding hydrogens is 398 g/mol. The Bertz CT molecular complexity index is 1090. The summed E-state index contributed by atoms with van der Waals surface area (Å²) in [7, 11) is -0.512. The standard InChI is InChI=1S/C23H27N3O3S/c1-17(19-11-7-5-8-12-19)25(3)23(27)22-15-21(16-24-22)30(28,29)26(4)18(2)20-13-9-6-10-14-20/h5-18,24H,1-4H3. The van der Waals surface area contributed by atoms with Gasteiger partial charge in [0.15, 0.2) is 0 Å². The quantitative estimate of drug-likeness (QED) is 0.616. The zero-order valence-electron chi connectivity index (χ0n) is 17.6. The van der Waals surface area contributed by atoms with E-state index in [9.17, 15) is 13.2 Å². The fourth-order valence-corrected chi connectivity index (χ4v) is 4.63. The Hall–Kier alpha value is -2.90. The normalized spacial score (nSPS) is 13.8. The van der Waals surface area contributed by atoms with Crippen LogP contribution in [0.4, 0.5) is 0 Å². The molecule has 0 aliphatic heterocycles. The summed E-state index contributed by atoms with van der Waals surface area (Å²) in [6, 6.07) is 20.0. The lowest BCUT2D eigenvalue weighted by Crippen LogP contribution is -2.30. The first-order valence-electron chi connectivity index (χ1n) is 9.77. The summed E-state index contributed by atoms with van der Waals surface area (Å²) < 4.78 is 27.5. The Morgan fingerprint density at radius 2 is 1.37 bits per heavy atom. The maximum absolute atomic E-state index is 13.1. The fraction of sp³-hybridized carbons (Fsp3) is 0.261. The van der Waals surface area contributed by atoms with Gasteiger partial charge in [-0.25, -0.2) is 8.42 Å². The minimum atomic E-state index is -3.77. The average Bonchev–Trinajstić information content (AvgIpc) is 3.29. The van der Waals surface area contributed by atoms with Crippen LogP contribution in [-0.2, 0) is 10.0 Å². The van der Waals surface area contributed by atoms with Crippen LogP contribution in [0.25, 0.3) is 0 Å². The summed E-state index contributed by atoms with van der Waals surface area (Å²) in [4.78, 5) is 17.4. The molecule has 158 valence electrons. The molecule has 3 aromatic rings. The van der Waals surface area contributed by atoms with Crippen LogP contribution in [0, 0.1) is 0 Å². The summed E-state index contributed by atoms with van der Waals surface area (Å²) in [5.41, 5.74) is 2.13. The van der Waals surface area contributed by atoms with Gasteiger partial charge < -0.3 is 9.88 Å². The number of carbonyl (C=O) groups is 1. The van der Waals surface area contributed by atoms with Crippen LogP contribution in [0.15, 0.2) is 77.8 Å². The van der Waals surface area contributed by atoms with Gasteiger partial charge in [-0.3, -0.25) is 4.79 Å². The number of amides is 1. The first-order chi connectivity index (χ1) is 14.2. The fourth-order valence-electron chi connectivity index (χ4n) is 3.28. The van der Waals surface area contributed by atoms with E-state index in [1.165, 1.54) is 16.6 Å². The van der Waals surface area contributed by atoms with Crippen molar-refractivity contribution in [2.24, 2.45) is 0 Å². The highest BCUT2D eigenvalue weighted by Gasteiger charge is 2.29. The summed E-state index contributed by atoms with van der Waals surface area (Å²) >= 11 is 0. The molecule has 0 bridgehead atoms. The van der Waals surface area contributed by atoms with E-state index in [0.29, 0.717) is 0 Å². The second-order valence-corrected chi connectivity index (χ2v) is 9.36. The van der Waals surface area contributed by atoms with Crippen molar-refractivity contribution in [1.29, 1.82) is 0 Å². The molecule has 6 nitrogen and oxygen atoms in total. The Kier molecular flexibility index (Phi) is 6.43. The van der Waals surface area contributed by atoms with E-state index in [2.05, 4.69) is 4.98 Å². The molecule has 30 heavy (non-hydrogen) atoms. The Labute approximate surface area is 178 Å². The van der Waals surface area contributed by atoms with Crippen molar-refractivity contribution in [2.45, 2.75) is 30.8 Å². The molecule has 1 amide bonds. The highest BCUT2D eigenvalue weighted by atomic mass is 32.2. The molecule has 2 unspecified atom stereocenters. The van der Waals surface area contributed by atoms with Crippen molar-refractivity contribution in [3.63, 3.8) is 0 Å². The molecule has 7 heteroatoms. The molecule has 3 rings (SSSR count). The van der Waals surface area contributed by atoms with Gasteiger partial charge >= 0.3 is 0 Å². The lowest BCUT2D eigenvalue weighted by Gasteiger charge is -2.25. The largest absolute Gasteiger partial charge is 0.356 e. The zero-order valence-corrected chi connectivity index (χ0v) is 18.4. The van der Waals surface area contributed by atoms with Crippen LogP contribution < -0.4 is 0 Å². The van der Waals surface area contributed by atoms with Gasteiger partial charge in [0.05, 0.1) is 6.04 Å². The van der Waals surface area contributed by atoms with E-state index < -0.39 is 10.0 Å². The summed E-state index contributed by atoms with van der Waals surface area (Å²) in [5, 5.41) is 0. The van der Waals surface area contributed by atoms with Crippen molar-refractivity contribution >= 4 is 15.9 Å². The maximum atomic E-state index is 13.1. The minimum Gasteiger partial charge on any atom is -0.356 e. The first-order valence-corrected chi connectivity index (χ1v) is 11.2. The lowest BCUT2D eigenvalue weighted by molar-refractivity contribution is 0.0737. The third-order valence-corrected chi connectivity index (χ3v) is 7.48. The number of aromatic amines is 1. The molecular formula is C23H27N3O3S. The predicted molar refractivity (Wildman–Crippen MR) is 118 cm³/mol. The van der Waals surface area contributed by atoms with Crippen LogP contribution in [0.1, 0.15) is 47.5 Å². The van der Waals surface area contributed by atoms with Crippen LogP contribution in [0.2, 0.25) is 0 Å². The van der Waals surface area contributed by atoms with E-state index in [1.54, 1.807) is 19.0 Å². The van der Waals surface area contributed by atoms with Crippen molar-refractivity contribution in [1.82, 2.24) is 14.2 Å². The van der Waals surface area contributed by atoms with Gasteiger partial charge in [0, 0.05) is 26.3 Å². The smallest absolute Gasteiger partial charge is 0.270 e. The van der Waals surface area contributed by atoms with E-state index >= 15 is 0 Å². The van der Waals surface area contributed by atoms with Gasteiger partial charge in [0.25, 0.3) is 5.91 Å². The average molecular weight is 426 g/mol. The minimum absolute atomic E-state index is 0.0666. The summed E-state index contributed by atoms with van der Waals surface area (Å²) in [6.45, 7) is 3.77. The van der Waals surface area contributed by atoms with Crippen LogP contribution in [-0.4, -0.2) is 42.6 Å². The van der Waals surface area contributed by atoms with Gasteiger partial charge in [-0.05, 0) is 31.0 Å².